The smallest absolute Gasteiger partial charge is 0.340 e. The van der Waals surface area contributed by atoms with Gasteiger partial charge >= 0.3 is 5.69 Å². The van der Waals surface area contributed by atoms with Crippen LogP contribution in [0.15, 0.2) is 40.2 Å². The van der Waals surface area contributed by atoms with Crippen LogP contribution in [0.5, 0.6) is 0 Å². The second-order valence-electron chi connectivity index (χ2n) is 5.97. The molecule has 8 nitrogen and oxygen atoms in total. The molecule has 0 aliphatic rings. The summed E-state index contributed by atoms with van der Waals surface area (Å²) in [5, 5.41) is 0.578. The van der Waals surface area contributed by atoms with E-state index in [1.54, 1.807) is 42.7 Å². The van der Waals surface area contributed by atoms with Crippen LogP contribution in [-0.4, -0.2) is 32.7 Å². The normalized spacial score (nSPS) is 12.5. The third-order valence-electron chi connectivity index (χ3n) is 4.07. The molecule has 0 amide bonds. The summed E-state index contributed by atoms with van der Waals surface area (Å²) in [6, 6.07) is 6.96. The van der Waals surface area contributed by atoms with Crippen LogP contribution in [-0.2, 0) is 15.0 Å². The highest BCUT2D eigenvalue weighted by Gasteiger charge is 2.28. The van der Waals surface area contributed by atoms with Crippen LogP contribution < -0.4 is 11.2 Å². The molecular formula is C16H18ClN4O4P. The molecule has 138 valence electrons. The van der Waals surface area contributed by atoms with Gasteiger partial charge in [0.25, 0.3) is 5.56 Å². The van der Waals surface area contributed by atoms with E-state index in [1.807, 2.05) is 0 Å². The lowest BCUT2D eigenvalue weighted by atomic mass is 10.3. The Morgan fingerprint density at radius 2 is 1.81 bits per heavy atom. The Morgan fingerprint density at radius 1 is 1.15 bits per heavy atom. The molecule has 0 bridgehead atoms. The molecule has 10 heteroatoms. The summed E-state index contributed by atoms with van der Waals surface area (Å²) in [6.07, 6.45) is 1.50. The monoisotopic (exact) mass is 396 g/mol. The summed E-state index contributed by atoms with van der Waals surface area (Å²) in [4.78, 5) is 30.2. The number of rotatable bonds is 5. The summed E-state index contributed by atoms with van der Waals surface area (Å²) >= 11 is 5.95. The van der Waals surface area contributed by atoms with Gasteiger partial charge in [-0.3, -0.25) is 9.36 Å². The molecule has 0 saturated carbocycles. The molecule has 0 fully saturated rings. The Balaban J connectivity index is 2.44. The number of halogens is 1. The van der Waals surface area contributed by atoms with Gasteiger partial charge in [-0.25, -0.2) is 18.7 Å². The van der Waals surface area contributed by atoms with E-state index >= 15 is 0 Å². The predicted molar refractivity (Wildman–Crippen MR) is 102 cm³/mol. The Morgan fingerprint density at radius 3 is 2.38 bits per heavy atom. The number of hydrogen-bond acceptors (Lipinski definition) is 5. The first-order valence-electron chi connectivity index (χ1n) is 7.67. The number of nitrogens with zero attached hydrogens (tertiary/aromatic N) is 4. The lowest BCUT2D eigenvalue weighted by Gasteiger charge is -2.26. The number of hydrogen-bond donors (Lipinski definition) is 0. The molecule has 2 heterocycles. The van der Waals surface area contributed by atoms with Crippen molar-refractivity contribution in [2.75, 3.05) is 14.2 Å². The van der Waals surface area contributed by atoms with E-state index < -0.39 is 25.9 Å². The maximum Gasteiger partial charge on any atom is 0.340 e. The van der Waals surface area contributed by atoms with Crippen molar-refractivity contribution < 1.29 is 9.26 Å². The van der Waals surface area contributed by atoms with E-state index in [9.17, 15) is 9.59 Å². The van der Waals surface area contributed by atoms with Crippen molar-refractivity contribution in [3.63, 3.8) is 0 Å². The second-order valence-corrected chi connectivity index (χ2v) is 7.44. The van der Waals surface area contributed by atoms with Crippen molar-refractivity contribution in [3.05, 3.63) is 56.5 Å². The molecule has 0 saturated heterocycles. The SMILES string of the molecule is COPn1c(=O)c2c(ncn2-c2ccc(Cl)cc2)n(C(C)(C)OC)c1=O. The standard InChI is InChI=1S/C16H18ClN4O4P/c1-16(2,24-3)20-13-12(14(22)21(15(20)23)26-25-4)19(9-18-13)11-7-5-10(17)6-8-11/h5-9,26H,1-4H3. The molecule has 0 aliphatic carbocycles. The van der Waals surface area contributed by atoms with Crippen LogP contribution in [0.4, 0.5) is 0 Å². The molecule has 0 N–H and O–H groups in total. The number of benzene rings is 1. The van der Waals surface area contributed by atoms with Crippen LogP contribution in [0.3, 0.4) is 0 Å². The van der Waals surface area contributed by atoms with Gasteiger partial charge in [0.05, 0.1) is 0 Å². The number of aromatic nitrogens is 4. The van der Waals surface area contributed by atoms with E-state index in [0.29, 0.717) is 10.7 Å². The molecule has 0 spiro atoms. The summed E-state index contributed by atoms with van der Waals surface area (Å²) in [5.41, 5.74) is -0.860. The van der Waals surface area contributed by atoms with Crippen molar-refractivity contribution >= 4 is 31.7 Å². The number of fused-ring (bicyclic) bond motifs is 1. The molecular weight excluding hydrogens is 379 g/mol. The third-order valence-corrected chi connectivity index (χ3v) is 5.09. The molecule has 0 radical (unpaired) electrons. The highest BCUT2D eigenvalue weighted by Crippen LogP contribution is 2.23. The van der Waals surface area contributed by atoms with Crippen LogP contribution in [0.25, 0.3) is 16.9 Å². The van der Waals surface area contributed by atoms with Crippen LogP contribution in [0.2, 0.25) is 5.02 Å². The fraction of sp³-hybridized carbons (Fsp3) is 0.312. The minimum absolute atomic E-state index is 0.235. The van der Waals surface area contributed by atoms with E-state index in [0.717, 1.165) is 4.34 Å². The molecule has 0 aliphatic heterocycles. The van der Waals surface area contributed by atoms with Gasteiger partial charge in [-0.2, -0.15) is 0 Å². The fourth-order valence-corrected chi connectivity index (χ4v) is 3.31. The molecule has 3 aromatic rings. The summed E-state index contributed by atoms with van der Waals surface area (Å²) in [7, 11) is 2.46. The van der Waals surface area contributed by atoms with Gasteiger partial charge in [0.15, 0.2) is 11.2 Å². The first-order chi connectivity index (χ1) is 12.3. The van der Waals surface area contributed by atoms with E-state index in [1.165, 1.54) is 25.1 Å². The van der Waals surface area contributed by atoms with Gasteiger partial charge in [0, 0.05) is 24.9 Å². The zero-order chi connectivity index (χ0) is 19.1. The average Bonchev–Trinajstić information content (AvgIpc) is 3.03. The van der Waals surface area contributed by atoms with Crippen molar-refractivity contribution in [3.8, 4) is 5.69 Å². The van der Waals surface area contributed by atoms with Gasteiger partial charge in [-0.05, 0) is 38.1 Å². The van der Waals surface area contributed by atoms with E-state index in [4.69, 9.17) is 20.9 Å². The maximum absolute atomic E-state index is 13.0. The van der Waals surface area contributed by atoms with Gasteiger partial charge in [0.2, 0.25) is 0 Å². The average molecular weight is 397 g/mol. The van der Waals surface area contributed by atoms with Gasteiger partial charge in [-0.15, -0.1) is 0 Å². The zero-order valence-electron chi connectivity index (χ0n) is 14.7. The molecule has 1 unspecified atom stereocenters. The lowest BCUT2D eigenvalue weighted by molar-refractivity contribution is -0.0457. The Hall–Kier alpha value is -1.99. The lowest BCUT2D eigenvalue weighted by Crippen LogP contribution is -2.45. The van der Waals surface area contributed by atoms with Crippen LogP contribution in [0.1, 0.15) is 13.8 Å². The Labute approximate surface area is 155 Å². The Bertz CT molecular complexity index is 1070. The molecule has 3 rings (SSSR count). The largest absolute Gasteiger partial charge is 0.359 e. The quantitative estimate of drug-likeness (QED) is 0.618. The number of ether oxygens (including phenoxy) is 1. The first-order valence-corrected chi connectivity index (χ1v) is 8.91. The number of imidazole rings is 1. The predicted octanol–water partition coefficient (Wildman–Crippen LogP) is 2.34. The van der Waals surface area contributed by atoms with Crippen molar-refractivity contribution in [2.24, 2.45) is 0 Å². The molecule has 1 atom stereocenters. The van der Waals surface area contributed by atoms with Crippen molar-refractivity contribution in [2.45, 2.75) is 19.6 Å². The minimum atomic E-state index is -1.01. The first kappa shape index (κ1) is 18.8. The second kappa shape index (κ2) is 6.96. The zero-order valence-corrected chi connectivity index (χ0v) is 16.4. The fourth-order valence-electron chi connectivity index (χ4n) is 2.63. The Kier molecular flexibility index (Phi) is 5.03. The third kappa shape index (κ3) is 2.99. The van der Waals surface area contributed by atoms with Gasteiger partial charge < -0.3 is 9.26 Å². The highest BCUT2D eigenvalue weighted by atomic mass is 35.5. The van der Waals surface area contributed by atoms with Gasteiger partial charge in [0.1, 0.15) is 21.0 Å². The highest BCUT2D eigenvalue weighted by molar-refractivity contribution is 7.30. The molecule has 2 aromatic heterocycles. The van der Waals surface area contributed by atoms with Crippen molar-refractivity contribution in [1.29, 1.82) is 0 Å². The molecule has 26 heavy (non-hydrogen) atoms. The topological polar surface area (TPSA) is 80.3 Å². The summed E-state index contributed by atoms with van der Waals surface area (Å²) in [6.45, 7) is 3.44. The number of methoxy groups -OCH3 is 1. The summed E-state index contributed by atoms with van der Waals surface area (Å²) < 4.78 is 14.5. The van der Waals surface area contributed by atoms with Crippen LogP contribution in [0, 0.1) is 0 Å². The summed E-state index contributed by atoms with van der Waals surface area (Å²) in [5.74, 6) is 0. The van der Waals surface area contributed by atoms with E-state index in [-0.39, 0.29) is 11.2 Å². The van der Waals surface area contributed by atoms with Crippen molar-refractivity contribution in [1.82, 2.24) is 18.5 Å². The molecule has 1 aromatic carbocycles. The van der Waals surface area contributed by atoms with Crippen LogP contribution >= 0.6 is 20.6 Å². The van der Waals surface area contributed by atoms with E-state index in [2.05, 4.69) is 4.98 Å². The minimum Gasteiger partial charge on any atom is -0.359 e. The van der Waals surface area contributed by atoms with Gasteiger partial charge in [-0.1, -0.05) is 11.6 Å². The maximum atomic E-state index is 13.0.